The summed E-state index contributed by atoms with van der Waals surface area (Å²) in [7, 11) is -4.24. The van der Waals surface area contributed by atoms with Crippen molar-refractivity contribution in [2.24, 2.45) is 0 Å². The maximum absolute atomic E-state index is 14.1. The lowest BCUT2D eigenvalue weighted by Crippen LogP contribution is -2.49. The third kappa shape index (κ3) is 2.97. The Bertz CT molecular complexity index is 874. The number of nitrogens with zero attached hydrogens (tertiary/aromatic N) is 2. The average molecular weight is 380 g/mol. The van der Waals surface area contributed by atoms with Gasteiger partial charge in [-0.15, -0.1) is 0 Å². The lowest BCUT2D eigenvalue weighted by molar-refractivity contribution is 0.0953. The highest BCUT2D eigenvalue weighted by Crippen LogP contribution is 2.41. The molecule has 2 fully saturated rings. The van der Waals surface area contributed by atoms with Crippen molar-refractivity contribution < 1.29 is 21.9 Å². The molecule has 2 bridgehead atoms. The number of hydrogen-bond acceptors (Lipinski definition) is 4. The molecule has 1 aromatic heterocycles. The van der Waals surface area contributed by atoms with E-state index in [0.29, 0.717) is 31.4 Å². The maximum Gasteiger partial charge on any atom is 0.249 e. The second-order valence-electron chi connectivity index (χ2n) is 6.66. The van der Waals surface area contributed by atoms with Crippen molar-refractivity contribution in [3.8, 4) is 5.75 Å². The third-order valence-electron chi connectivity index (χ3n) is 5.03. The molecule has 0 amide bonds. The van der Waals surface area contributed by atoms with Crippen molar-refractivity contribution in [1.82, 2.24) is 9.29 Å². The van der Waals surface area contributed by atoms with Gasteiger partial charge in [0.05, 0.1) is 0 Å². The van der Waals surface area contributed by atoms with Gasteiger partial charge in [0, 0.05) is 37.3 Å². The van der Waals surface area contributed by atoms with Crippen LogP contribution in [0.3, 0.4) is 0 Å². The van der Waals surface area contributed by atoms with Crippen LogP contribution in [-0.4, -0.2) is 35.9 Å². The van der Waals surface area contributed by atoms with Crippen LogP contribution in [0.25, 0.3) is 0 Å². The summed E-state index contributed by atoms with van der Waals surface area (Å²) in [6.45, 7) is 0. The molecule has 2 aliphatic heterocycles. The molecule has 4 rings (SSSR count). The quantitative estimate of drug-likeness (QED) is 0.818. The molecule has 5 nitrogen and oxygen atoms in total. The SMILES string of the molecule is O=S(=O)(c1c(F)cccc1F)N1C2CCC1CC(Oc1ccncc1)C2. The van der Waals surface area contributed by atoms with Gasteiger partial charge in [-0.3, -0.25) is 4.98 Å². The standard InChI is InChI=1S/C18H18F2N2O3S/c19-16-2-1-3-17(20)18(16)26(23,24)22-12-4-5-13(22)11-15(10-12)25-14-6-8-21-9-7-14/h1-3,6-9,12-13,15H,4-5,10-11H2. The first-order valence-corrected chi connectivity index (χ1v) is 9.95. The second-order valence-corrected chi connectivity index (χ2v) is 8.44. The number of sulfonamides is 1. The Kier molecular flexibility index (Phi) is 4.40. The third-order valence-corrected chi connectivity index (χ3v) is 7.09. The monoisotopic (exact) mass is 380 g/mol. The van der Waals surface area contributed by atoms with Gasteiger partial charge < -0.3 is 4.74 Å². The summed E-state index contributed by atoms with van der Waals surface area (Å²) in [4.78, 5) is 3.08. The fraction of sp³-hybridized carbons (Fsp3) is 0.389. The predicted molar refractivity (Wildman–Crippen MR) is 90.1 cm³/mol. The Morgan fingerprint density at radius 3 is 2.15 bits per heavy atom. The number of benzene rings is 1. The fourth-order valence-electron chi connectivity index (χ4n) is 4.02. The largest absolute Gasteiger partial charge is 0.490 e. The van der Waals surface area contributed by atoms with E-state index in [2.05, 4.69) is 4.98 Å². The van der Waals surface area contributed by atoms with E-state index >= 15 is 0 Å². The molecule has 138 valence electrons. The van der Waals surface area contributed by atoms with Gasteiger partial charge in [0.1, 0.15) is 23.5 Å². The average Bonchev–Trinajstić information content (AvgIpc) is 2.88. The van der Waals surface area contributed by atoms with E-state index in [1.807, 2.05) is 0 Å². The van der Waals surface area contributed by atoms with Crippen molar-refractivity contribution in [1.29, 1.82) is 0 Å². The number of halogens is 2. The maximum atomic E-state index is 14.1. The van der Waals surface area contributed by atoms with Crippen LogP contribution in [0.2, 0.25) is 0 Å². The zero-order valence-corrected chi connectivity index (χ0v) is 14.7. The van der Waals surface area contributed by atoms with Crippen molar-refractivity contribution >= 4 is 10.0 Å². The molecule has 0 saturated carbocycles. The minimum Gasteiger partial charge on any atom is -0.490 e. The van der Waals surface area contributed by atoms with E-state index in [-0.39, 0.29) is 18.2 Å². The first-order chi connectivity index (χ1) is 12.5. The summed E-state index contributed by atoms with van der Waals surface area (Å²) in [5.74, 6) is -1.43. The highest BCUT2D eigenvalue weighted by Gasteiger charge is 2.49. The van der Waals surface area contributed by atoms with Gasteiger partial charge in [-0.1, -0.05) is 6.07 Å². The van der Waals surface area contributed by atoms with E-state index in [0.717, 1.165) is 18.2 Å². The Balaban J connectivity index is 1.58. The van der Waals surface area contributed by atoms with Gasteiger partial charge in [-0.25, -0.2) is 17.2 Å². The van der Waals surface area contributed by atoms with Gasteiger partial charge >= 0.3 is 0 Å². The van der Waals surface area contributed by atoms with Crippen LogP contribution in [0.1, 0.15) is 25.7 Å². The molecule has 2 aromatic rings. The highest BCUT2D eigenvalue weighted by molar-refractivity contribution is 7.89. The number of fused-ring (bicyclic) bond motifs is 2. The van der Waals surface area contributed by atoms with Gasteiger partial charge in [0.15, 0.2) is 4.90 Å². The smallest absolute Gasteiger partial charge is 0.249 e. The van der Waals surface area contributed by atoms with Crippen LogP contribution in [-0.2, 0) is 10.0 Å². The van der Waals surface area contributed by atoms with E-state index in [1.165, 1.54) is 4.31 Å². The number of rotatable bonds is 4. The van der Waals surface area contributed by atoms with Crippen LogP contribution in [0.5, 0.6) is 5.75 Å². The summed E-state index contributed by atoms with van der Waals surface area (Å²) in [6.07, 6.45) is 5.44. The number of ether oxygens (including phenoxy) is 1. The molecular weight excluding hydrogens is 362 g/mol. The molecule has 2 atom stereocenters. The Hall–Kier alpha value is -2.06. The second kappa shape index (κ2) is 6.59. The predicted octanol–water partition coefficient (Wildman–Crippen LogP) is 3.12. The zero-order valence-electron chi connectivity index (χ0n) is 13.9. The highest BCUT2D eigenvalue weighted by atomic mass is 32.2. The Labute approximate surface area is 150 Å². The van der Waals surface area contributed by atoms with Crippen LogP contribution < -0.4 is 4.74 Å². The molecule has 0 spiro atoms. The molecule has 0 aliphatic carbocycles. The van der Waals surface area contributed by atoms with Crippen molar-refractivity contribution in [3.63, 3.8) is 0 Å². The first-order valence-electron chi connectivity index (χ1n) is 8.51. The minimum absolute atomic E-state index is 0.133. The van der Waals surface area contributed by atoms with Gasteiger partial charge in [-0.05, 0) is 37.1 Å². The summed E-state index contributed by atoms with van der Waals surface area (Å²) in [5.41, 5.74) is 0. The van der Waals surface area contributed by atoms with Gasteiger partial charge in [0.25, 0.3) is 0 Å². The van der Waals surface area contributed by atoms with Gasteiger partial charge in [-0.2, -0.15) is 4.31 Å². The summed E-state index contributed by atoms with van der Waals surface area (Å²) in [5, 5.41) is 0. The van der Waals surface area contributed by atoms with E-state index < -0.39 is 26.6 Å². The Morgan fingerprint density at radius 1 is 1.00 bits per heavy atom. The molecule has 2 unspecified atom stereocenters. The van der Waals surface area contributed by atoms with Crippen LogP contribution in [0.15, 0.2) is 47.6 Å². The number of hydrogen-bond donors (Lipinski definition) is 0. The van der Waals surface area contributed by atoms with Gasteiger partial charge in [0.2, 0.25) is 10.0 Å². The summed E-state index contributed by atoms with van der Waals surface area (Å²) in [6, 6.07) is 5.97. The number of aromatic nitrogens is 1. The molecular formula is C18H18F2N2O3S. The molecule has 0 radical (unpaired) electrons. The normalized spacial score (nSPS) is 26.0. The van der Waals surface area contributed by atoms with Crippen molar-refractivity contribution in [2.45, 2.75) is 48.8 Å². The van der Waals surface area contributed by atoms with Crippen LogP contribution in [0, 0.1) is 11.6 Å². The van der Waals surface area contributed by atoms with E-state index in [9.17, 15) is 17.2 Å². The molecule has 8 heteroatoms. The zero-order chi connectivity index (χ0) is 18.3. The molecule has 3 heterocycles. The van der Waals surface area contributed by atoms with Crippen molar-refractivity contribution in [2.75, 3.05) is 0 Å². The summed E-state index contributed by atoms with van der Waals surface area (Å²) >= 11 is 0. The molecule has 2 saturated heterocycles. The molecule has 0 N–H and O–H groups in total. The van der Waals surface area contributed by atoms with E-state index in [1.54, 1.807) is 24.5 Å². The minimum atomic E-state index is -4.24. The lowest BCUT2D eigenvalue weighted by atomic mass is 10.0. The molecule has 2 aliphatic rings. The Morgan fingerprint density at radius 2 is 1.58 bits per heavy atom. The van der Waals surface area contributed by atoms with E-state index in [4.69, 9.17) is 4.74 Å². The van der Waals surface area contributed by atoms with Crippen LogP contribution >= 0.6 is 0 Å². The topological polar surface area (TPSA) is 59.5 Å². The number of piperidine rings is 1. The van der Waals surface area contributed by atoms with Crippen molar-refractivity contribution in [3.05, 3.63) is 54.4 Å². The molecule has 26 heavy (non-hydrogen) atoms. The fourth-order valence-corrected chi connectivity index (χ4v) is 6.02. The summed E-state index contributed by atoms with van der Waals surface area (Å²) < 4.78 is 61.3. The lowest BCUT2D eigenvalue weighted by Gasteiger charge is -2.37. The van der Waals surface area contributed by atoms with Crippen LogP contribution in [0.4, 0.5) is 8.78 Å². The number of pyridine rings is 1. The first kappa shape index (κ1) is 17.4. The molecule has 1 aromatic carbocycles.